The fraction of sp³-hybridized carbons (Fsp3) is 0.571. The monoisotopic (exact) mass is 374 g/mol. The molecular weight excluding hydrogens is 352 g/mol. The molecule has 7 N–H and O–H groups in total. The third kappa shape index (κ3) is 10.7. The van der Waals surface area contributed by atoms with Crippen molar-refractivity contribution < 1.29 is 39.0 Å². The van der Waals surface area contributed by atoms with Gasteiger partial charge in [0.15, 0.2) is 0 Å². The molecule has 0 bridgehead atoms. The Morgan fingerprint density at radius 1 is 0.923 bits per heavy atom. The maximum absolute atomic E-state index is 12.0. The summed E-state index contributed by atoms with van der Waals surface area (Å²) < 4.78 is 0. The number of aliphatic carboxylic acids is 2. The summed E-state index contributed by atoms with van der Waals surface area (Å²) in [5, 5.41) is 23.9. The zero-order valence-corrected chi connectivity index (χ0v) is 13.9. The van der Waals surface area contributed by atoms with Gasteiger partial charge in [-0.25, -0.2) is 0 Å². The van der Waals surface area contributed by atoms with Crippen molar-refractivity contribution >= 4 is 35.9 Å². The van der Waals surface area contributed by atoms with Gasteiger partial charge in [-0.2, -0.15) is 0 Å². The first-order valence-electron chi connectivity index (χ1n) is 7.65. The average molecular weight is 374 g/mol. The van der Waals surface area contributed by atoms with E-state index in [0.717, 1.165) is 0 Å². The second-order valence-electron chi connectivity index (χ2n) is 5.22. The van der Waals surface area contributed by atoms with Gasteiger partial charge in [0.05, 0.1) is 19.1 Å². The number of rotatable bonds is 13. The number of carbonyl (C=O) groups is 6. The highest BCUT2D eigenvalue weighted by atomic mass is 16.4. The molecule has 0 saturated carbocycles. The number of carbonyl (C=O) groups excluding carboxylic acids is 4. The van der Waals surface area contributed by atoms with Crippen LogP contribution in [0.1, 0.15) is 25.7 Å². The van der Waals surface area contributed by atoms with Gasteiger partial charge in [0.2, 0.25) is 17.7 Å². The maximum atomic E-state index is 12.0. The Kier molecular flexibility index (Phi) is 10.9. The third-order valence-corrected chi connectivity index (χ3v) is 3.09. The molecule has 0 rings (SSSR count). The molecule has 12 heteroatoms. The average Bonchev–Trinajstić information content (AvgIpc) is 2.59. The maximum Gasteiger partial charge on any atom is 0.303 e. The van der Waals surface area contributed by atoms with E-state index >= 15 is 0 Å². The molecule has 3 amide bonds. The summed E-state index contributed by atoms with van der Waals surface area (Å²) in [6, 6.07) is -2.21. The summed E-state index contributed by atoms with van der Waals surface area (Å²) in [6.45, 7) is -0.944. The molecule has 0 fully saturated rings. The number of carboxylic acid groups (broad SMARTS) is 2. The Balaban J connectivity index is 4.55. The molecule has 2 atom stereocenters. The third-order valence-electron chi connectivity index (χ3n) is 3.09. The van der Waals surface area contributed by atoms with Gasteiger partial charge in [-0.3, -0.25) is 24.0 Å². The van der Waals surface area contributed by atoms with Crippen molar-refractivity contribution in [3.63, 3.8) is 0 Å². The topological polar surface area (TPSA) is 205 Å². The summed E-state index contributed by atoms with van der Waals surface area (Å²) >= 11 is 0. The highest BCUT2D eigenvalue weighted by Gasteiger charge is 2.22. The van der Waals surface area contributed by atoms with E-state index < -0.39 is 61.3 Å². The van der Waals surface area contributed by atoms with Gasteiger partial charge >= 0.3 is 11.9 Å². The van der Waals surface area contributed by atoms with Crippen LogP contribution in [0.2, 0.25) is 0 Å². The van der Waals surface area contributed by atoms with Crippen LogP contribution >= 0.6 is 0 Å². The van der Waals surface area contributed by atoms with Gasteiger partial charge in [0, 0.05) is 12.8 Å². The van der Waals surface area contributed by atoms with Gasteiger partial charge in [0.25, 0.3) is 0 Å². The Morgan fingerprint density at radius 3 is 2.00 bits per heavy atom. The van der Waals surface area contributed by atoms with Gasteiger partial charge in [0.1, 0.15) is 12.3 Å². The van der Waals surface area contributed by atoms with Crippen LogP contribution in [0.4, 0.5) is 0 Å². The van der Waals surface area contributed by atoms with Crippen LogP contribution in [0.3, 0.4) is 0 Å². The summed E-state index contributed by atoms with van der Waals surface area (Å²) in [4.78, 5) is 66.8. The summed E-state index contributed by atoms with van der Waals surface area (Å²) in [5.74, 6) is -4.51. The van der Waals surface area contributed by atoms with E-state index in [9.17, 15) is 28.8 Å². The van der Waals surface area contributed by atoms with Crippen LogP contribution in [0.15, 0.2) is 0 Å². The molecule has 12 nitrogen and oxygen atoms in total. The van der Waals surface area contributed by atoms with Crippen molar-refractivity contribution in [3.8, 4) is 0 Å². The van der Waals surface area contributed by atoms with Crippen LogP contribution in [0, 0.1) is 0 Å². The molecule has 0 aliphatic rings. The van der Waals surface area contributed by atoms with Crippen molar-refractivity contribution in [2.24, 2.45) is 5.73 Å². The molecule has 0 heterocycles. The lowest BCUT2D eigenvalue weighted by molar-refractivity contribution is -0.138. The lowest BCUT2D eigenvalue weighted by atomic mass is 10.1. The van der Waals surface area contributed by atoms with Crippen LogP contribution in [-0.4, -0.2) is 71.3 Å². The molecule has 0 aliphatic heterocycles. The first-order chi connectivity index (χ1) is 12.2. The van der Waals surface area contributed by atoms with Gasteiger partial charge < -0.3 is 36.7 Å². The van der Waals surface area contributed by atoms with E-state index in [1.54, 1.807) is 0 Å². The van der Waals surface area contributed by atoms with E-state index in [1.165, 1.54) is 0 Å². The highest BCUT2D eigenvalue weighted by Crippen LogP contribution is 1.99. The van der Waals surface area contributed by atoms with Crippen LogP contribution in [0.5, 0.6) is 0 Å². The predicted molar refractivity (Wildman–Crippen MR) is 85.7 cm³/mol. The van der Waals surface area contributed by atoms with E-state index in [1.807, 2.05) is 0 Å². The molecule has 0 spiro atoms. The van der Waals surface area contributed by atoms with Crippen LogP contribution in [-0.2, 0) is 28.8 Å². The Morgan fingerprint density at radius 2 is 1.50 bits per heavy atom. The quantitative estimate of drug-likeness (QED) is 0.181. The first-order valence-corrected chi connectivity index (χ1v) is 7.65. The molecule has 0 aromatic carbocycles. The number of hydrogen-bond acceptors (Lipinski definition) is 7. The van der Waals surface area contributed by atoms with Gasteiger partial charge in [-0.1, -0.05) is 0 Å². The Bertz CT molecular complexity index is 551. The standard InChI is InChI=1S/C14H22N4O8/c15-5-10(20)18-9(2-4-13(24)25)14(26)16-6-11(21)17-8(7-19)1-3-12(22)23/h7-9H,1-6,15H2,(H,16,26)(H,17,21)(H,18,20)(H,22,23)(H,24,25). The summed E-state index contributed by atoms with van der Waals surface area (Å²) in [6.07, 6.45) is -0.647. The zero-order chi connectivity index (χ0) is 20.1. The molecule has 2 unspecified atom stereocenters. The summed E-state index contributed by atoms with van der Waals surface area (Å²) in [7, 11) is 0. The summed E-state index contributed by atoms with van der Waals surface area (Å²) in [5.41, 5.74) is 5.12. The number of hydrogen-bond donors (Lipinski definition) is 6. The number of nitrogens with one attached hydrogen (secondary N) is 3. The van der Waals surface area contributed by atoms with Crippen molar-refractivity contribution in [1.82, 2.24) is 16.0 Å². The van der Waals surface area contributed by atoms with Crippen LogP contribution < -0.4 is 21.7 Å². The molecule has 26 heavy (non-hydrogen) atoms. The van der Waals surface area contributed by atoms with E-state index in [2.05, 4.69) is 16.0 Å². The molecule has 0 saturated heterocycles. The van der Waals surface area contributed by atoms with E-state index in [4.69, 9.17) is 15.9 Å². The second kappa shape index (κ2) is 12.4. The van der Waals surface area contributed by atoms with E-state index in [0.29, 0.717) is 6.29 Å². The normalized spacial score (nSPS) is 12.3. The SMILES string of the molecule is NCC(=O)NC(CCC(=O)O)C(=O)NCC(=O)NC(C=O)CCC(=O)O. The second-order valence-corrected chi connectivity index (χ2v) is 5.22. The molecule has 0 aromatic heterocycles. The predicted octanol–water partition coefficient (Wildman–Crippen LogP) is -3.04. The highest BCUT2D eigenvalue weighted by molar-refractivity contribution is 5.91. The van der Waals surface area contributed by atoms with E-state index in [-0.39, 0.29) is 19.3 Å². The minimum Gasteiger partial charge on any atom is -0.481 e. The lowest BCUT2D eigenvalue weighted by Crippen LogP contribution is -2.51. The number of carboxylic acids is 2. The number of nitrogens with two attached hydrogens (primary N) is 1. The van der Waals surface area contributed by atoms with Crippen molar-refractivity contribution in [2.45, 2.75) is 37.8 Å². The van der Waals surface area contributed by atoms with Crippen molar-refractivity contribution in [3.05, 3.63) is 0 Å². The zero-order valence-electron chi connectivity index (χ0n) is 13.9. The minimum absolute atomic E-state index is 0.105. The molecule has 0 aliphatic carbocycles. The van der Waals surface area contributed by atoms with Crippen molar-refractivity contribution in [1.29, 1.82) is 0 Å². The number of aldehydes is 1. The molecular formula is C14H22N4O8. The molecule has 0 radical (unpaired) electrons. The largest absolute Gasteiger partial charge is 0.481 e. The van der Waals surface area contributed by atoms with Gasteiger partial charge in [-0.15, -0.1) is 0 Å². The Labute approximate surface area is 148 Å². The smallest absolute Gasteiger partial charge is 0.303 e. The van der Waals surface area contributed by atoms with Crippen LogP contribution in [0.25, 0.3) is 0 Å². The van der Waals surface area contributed by atoms with Gasteiger partial charge in [-0.05, 0) is 12.8 Å². The first kappa shape index (κ1) is 23.0. The minimum atomic E-state index is -1.19. The van der Waals surface area contributed by atoms with Crippen molar-refractivity contribution in [2.75, 3.05) is 13.1 Å². The molecule has 146 valence electrons. The lowest BCUT2D eigenvalue weighted by Gasteiger charge is -2.18. The molecule has 0 aromatic rings. The number of amides is 3. The fourth-order valence-corrected chi connectivity index (χ4v) is 1.79. The Hall–Kier alpha value is -3.02. The fourth-order valence-electron chi connectivity index (χ4n) is 1.79.